The number of thioether (sulfide) groups is 1. The van der Waals surface area contributed by atoms with Gasteiger partial charge in [0.1, 0.15) is 11.6 Å². The van der Waals surface area contributed by atoms with Crippen LogP contribution in [0.3, 0.4) is 0 Å². The van der Waals surface area contributed by atoms with Gasteiger partial charge in [-0.25, -0.2) is 4.39 Å². The van der Waals surface area contributed by atoms with E-state index in [0.29, 0.717) is 18.0 Å². The Hall–Kier alpha value is -2.35. The van der Waals surface area contributed by atoms with E-state index in [1.165, 1.54) is 23.9 Å². The lowest BCUT2D eigenvalue weighted by Gasteiger charge is -2.27. The third-order valence-electron chi connectivity index (χ3n) is 4.14. The van der Waals surface area contributed by atoms with Crippen LogP contribution in [0.5, 0.6) is 0 Å². The zero-order valence-electron chi connectivity index (χ0n) is 17.4. The standard InChI is InChI=1S/C21H28FN3O3S/c1-13-10-18(25-28-13)24-20(27)14(2)29-12-19(26)23-17(11-21(3,4)5)15-6-8-16(22)9-7-15/h6-10,14,17H,11-12H2,1-5H3,(H,23,26)(H,24,25,27). The first-order valence-electron chi connectivity index (χ1n) is 9.44. The van der Waals surface area contributed by atoms with Crippen molar-refractivity contribution in [1.82, 2.24) is 10.5 Å². The number of halogens is 1. The number of amides is 2. The number of rotatable bonds is 8. The van der Waals surface area contributed by atoms with Crippen molar-refractivity contribution in [3.8, 4) is 0 Å². The summed E-state index contributed by atoms with van der Waals surface area (Å²) < 4.78 is 18.2. The van der Waals surface area contributed by atoms with Crippen molar-refractivity contribution >= 4 is 29.4 Å². The molecule has 1 heterocycles. The van der Waals surface area contributed by atoms with E-state index in [2.05, 4.69) is 36.6 Å². The highest BCUT2D eigenvalue weighted by atomic mass is 32.2. The molecule has 0 aliphatic carbocycles. The third-order valence-corrected chi connectivity index (χ3v) is 5.28. The maximum atomic E-state index is 13.3. The fraction of sp³-hybridized carbons (Fsp3) is 0.476. The van der Waals surface area contributed by atoms with Crippen LogP contribution < -0.4 is 10.6 Å². The minimum atomic E-state index is -0.440. The second-order valence-corrected chi connectivity index (χ2v) is 9.53. The van der Waals surface area contributed by atoms with Gasteiger partial charge in [0.15, 0.2) is 5.82 Å². The molecule has 2 amide bonds. The molecule has 1 aromatic carbocycles. The molecule has 0 saturated carbocycles. The molecule has 0 radical (unpaired) electrons. The molecular weight excluding hydrogens is 393 g/mol. The van der Waals surface area contributed by atoms with Gasteiger partial charge in [-0.3, -0.25) is 9.59 Å². The molecule has 0 saturated heterocycles. The smallest absolute Gasteiger partial charge is 0.238 e. The highest BCUT2D eigenvalue weighted by molar-refractivity contribution is 8.01. The van der Waals surface area contributed by atoms with Gasteiger partial charge in [-0.05, 0) is 43.4 Å². The van der Waals surface area contributed by atoms with Crippen molar-refractivity contribution in [1.29, 1.82) is 0 Å². The van der Waals surface area contributed by atoms with E-state index in [1.54, 1.807) is 32.0 Å². The highest BCUT2D eigenvalue weighted by Crippen LogP contribution is 2.29. The Labute approximate surface area is 175 Å². The number of benzene rings is 1. The summed E-state index contributed by atoms with van der Waals surface area (Å²) in [5.41, 5.74) is 0.828. The average Bonchev–Trinajstić information content (AvgIpc) is 3.03. The van der Waals surface area contributed by atoms with Gasteiger partial charge in [-0.2, -0.15) is 0 Å². The summed E-state index contributed by atoms with van der Waals surface area (Å²) >= 11 is 1.23. The SMILES string of the molecule is Cc1cc(NC(=O)C(C)SCC(=O)NC(CC(C)(C)C)c2ccc(F)cc2)no1. The topological polar surface area (TPSA) is 84.2 Å². The largest absolute Gasteiger partial charge is 0.360 e. The molecule has 158 valence electrons. The van der Waals surface area contributed by atoms with E-state index < -0.39 is 5.25 Å². The zero-order chi connectivity index (χ0) is 21.6. The van der Waals surface area contributed by atoms with E-state index in [0.717, 1.165) is 5.56 Å². The molecule has 1 aromatic heterocycles. The number of anilines is 1. The molecule has 0 bridgehead atoms. The Morgan fingerprint density at radius 3 is 2.45 bits per heavy atom. The molecule has 6 nitrogen and oxygen atoms in total. The predicted molar refractivity (Wildman–Crippen MR) is 113 cm³/mol. The van der Waals surface area contributed by atoms with Crippen LogP contribution in [0, 0.1) is 18.2 Å². The first-order valence-corrected chi connectivity index (χ1v) is 10.5. The Morgan fingerprint density at radius 2 is 1.90 bits per heavy atom. The van der Waals surface area contributed by atoms with Crippen LogP contribution in [0.4, 0.5) is 10.2 Å². The first-order chi connectivity index (χ1) is 13.5. The normalized spacial score (nSPS) is 13.6. The minimum Gasteiger partial charge on any atom is -0.360 e. The van der Waals surface area contributed by atoms with Crippen molar-refractivity contribution in [2.24, 2.45) is 5.41 Å². The van der Waals surface area contributed by atoms with Crippen LogP contribution in [0.2, 0.25) is 0 Å². The molecule has 0 aliphatic rings. The van der Waals surface area contributed by atoms with Crippen molar-refractivity contribution in [2.75, 3.05) is 11.1 Å². The van der Waals surface area contributed by atoms with E-state index in [-0.39, 0.29) is 34.8 Å². The van der Waals surface area contributed by atoms with Crippen molar-refractivity contribution in [3.05, 3.63) is 47.5 Å². The monoisotopic (exact) mass is 421 g/mol. The predicted octanol–water partition coefficient (Wildman–Crippen LogP) is 4.48. The Morgan fingerprint density at radius 1 is 1.24 bits per heavy atom. The van der Waals surface area contributed by atoms with Gasteiger partial charge in [-0.15, -0.1) is 11.8 Å². The van der Waals surface area contributed by atoms with Crippen LogP contribution in [0.1, 0.15) is 51.5 Å². The molecule has 2 rings (SSSR count). The Balaban J connectivity index is 1.91. The number of aromatic nitrogens is 1. The summed E-state index contributed by atoms with van der Waals surface area (Å²) in [6, 6.07) is 7.56. The number of carbonyl (C=O) groups is 2. The van der Waals surface area contributed by atoms with Crippen LogP contribution in [-0.2, 0) is 9.59 Å². The second-order valence-electron chi connectivity index (χ2n) is 8.20. The Kier molecular flexibility index (Phi) is 7.84. The van der Waals surface area contributed by atoms with Gasteiger partial charge in [0.05, 0.1) is 17.0 Å². The summed E-state index contributed by atoms with van der Waals surface area (Å²) in [6.45, 7) is 9.72. The summed E-state index contributed by atoms with van der Waals surface area (Å²) in [6.07, 6.45) is 0.705. The van der Waals surface area contributed by atoms with Gasteiger partial charge >= 0.3 is 0 Å². The lowest BCUT2D eigenvalue weighted by atomic mass is 9.85. The molecule has 0 fully saturated rings. The minimum absolute atomic E-state index is 0.0254. The van der Waals surface area contributed by atoms with Crippen LogP contribution in [0.15, 0.2) is 34.9 Å². The molecule has 2 N–H and O–H groups in total. The van der Waals surface area contributed by atoms with E-state index in [9.17, 15) is 14.0 Å². The third kappa shape index (κ3) is 7.89. The Bertz CT molecular complexity index is 830. The summed E-state index contributed by atoms with van der Waals surface area (Å²) in [7, 11) is 0. The van der Waals surface area contributed by atoms with E-state index in [4.69, 9.17) is 4.52 Å². The van der Waals surface area contributed by atoms with E-state index in [1.807, 2.05) is 0 Å². The lowest BCUT2D eigenvalue weighted by Crippen LogP contribution is -2.33. The fourth-order valence-electron chi connectivity index (χ4n) is 2.73. The van der Waals surface area contributed by atoms with Crippen LogP contribution in [0.25, 0.3) is 0 Å². The summed E-state index contributed by atoms with van der Waals surface area (Å²) in [5, 5.41) is 8.96. The van der Waals surface area contributed by atoms with Crippen LogP contribution in [-0.4, -0.2) is 28.0 Å². The maximum absolute atomic E-state index is 13.3. The number of aryl methyl sites for hydroxylation is 1. The van der Waals surface area contributed by atoms with Crippen LogP contribution >= 0.6 is 11.8 Å². The van der Waals surface area contributed by atoms with Gasteiger partial charge in [0, 0.05) is 6.07 Å². The number of hydrogen-bond donors (Lipinski definition) is 2. The molecule has 2 aromatic rings. The molecular formula is C21H28FN3O3S. The quantitative estimate of drug-likeness (QED) is 0.657. The molecule has 0 spiro atoms. The molecule has 2 atom stereocenters. The fourth-order valence-corrected chi connectivity index (χ4v) is 3.42. The number of hydrogen-bond acceptors (Lipinski definition) is 5. The second kappa shape index (κ2) is 9.91. The molecule has 29 heavy (non-hydrogen) atoms. The first kappa shape index (κ1) is 22.9. The summed E-state index contributed by atoms with van der Waals surface area (Å²) in [4.78, 5) is 24.7. The van der Waals surface area contributed by atoms with Gasteiger partial charge < -0.3 is 15.2 Å². The number of carbonyl (C=O) groups excluding carboxylic acids is 2. The molecule has 2 unspecified atom stereocenters. The highest BCUT2D eigenvalue weighted by Gasteiger charge is 2.23. The van der Waals surface area contributed by atoms with E-state index >= 15 is 0 Å². The van der Waals surface area contributed by atoms with Crippen molar-refractivity contribution < 1.29 is 18.5 Å². The molecule has 0 aliphatic heterocycles. The zero-order valence-corrected chi connectivity index (χ0v) is 18.2. The summed E-state index contributed by atoms with van der Waals surface area (Å²) in [5.74, 6) is 0.351. The maximum Gasteiger partial charge on any atom is 0.238 e. The molecule has 8 heteroatoms. The van der Waals surface area contributed by atoms with Gasteiger partial charge in [0.2, 0.25) is 11.8 Å². The number of nitrogens with zero attached hydrogens (tertiary/aromatic N) is 1. The number of nitrogens with one attached hydrogen (secondary N) is 2. The van der Waals surface area contributed by atoms with Crippen molar-refractivity contribution in [2.45, 2.75) is 52.3 Å². The lowest BCUT2D eigenvalue weighted by molar-refractivity contribution is -0.119. The average molecular weight is 422 g/mol. The van der Waals surface area contributed by atoms with Gasteiger partial charge in [0.25, 0.3) is 0 Å². The van der Waals surface area contributed by atoms with Gasteiger partial charge in [-0.1, -0.05) is 38.1 Å². The van der Waals surface area contributed by atoms with Crippen molar-refractivity contribution in [3.63, 3.8) is 0 Å².